The van der Waals surface area contributed by atoms with Crippen LogP contribution in [0.1, 0.15) is 5.69 Å². The third-order valence-electron chi connectivity index (χ3n) is 1.59. The first-order valence-corrected chi connectivity index (χ1v) is 6.12. The minimum Gasteiger partial charge on any atom is -0.486 e. The van der Waals surface area contributed by atoms with E-state index in [0.717, 1.165) is 10.2 Å². The van der Waals surface area contributed by atoms with Crippen LogP contribution < -0.4 is 4.74 Å². The summed E-state index contributed by atoms with van der Waals surface area (Å²) in [7, 11) is 0. The summed E-state index contributed by atoms with van der Waals surface area (Å²) in [5.74, 6) is 0.702. The quantitative estimate of drug-likeness (QED) is 0.870. The summed E-state index contributed by atoms with van der Waals surface area (Å²) in [6.45, 7) is 0.404. The standard InChI is InChI=1S/C9H6BrClN2OS/c10-6-1-8(3-12-2-6)14-4-7-5-15-9(11)13-7/h1-3,5H,4H2. The highest BCUT2D eigenvalue weighted by Gasteiger charge is 2.01. The Kier molecular flexibility index (Phi) is 3.56. The molecule has 2 rings (SSSR count). The van der Waals surface area contributed by atoms with Gasteiger partial charge in [-0.2, -0.15) is 0 Å². The molecule has 0 spiro atoms. The van der Waals surface area contributed by atoms with E-state index in [0.29, 0.717) is 16.8 Å². The van der Waals surface area contributed by atoms with Gasteiger partial charge in [-0.3, -0.25) is 4.98 Å². The van der Waals surface area contributed by atoms with Crippen molar-refractivity contribution >= 4 is 38.9 Å². The lowest BCUT2D eigenvalue weighted by molar-refractivity contribution is 0.300. The molecule has 0 aliphatic rings. The maximum atomic E-state index is 5.70. The Hall–Kier alpha value is -0.650. The van der Waals surface area contributed by atoms with Crippen molar-refractivity contribution in [3.05, 3.63) is 38.5 Å². The first kappa shape index (κ1) is 10.9. The molecule has 0 amide bonds. The lowest BCUT2D eigenvalue weighted by atomic mass is 10.4. The molecular weight excluding hydrogens is 300 g/mol. The molecule has 0 bridgehead atoms. The van der Waals surface area contributed by atoms with Gasteiger partial charge in [0.2, 0.25) is 0 Å². The van der Waals surface area contributed by atoms with Crippen molar-refractivity contribution in [3.63, 3.8) is 0 Å². The number of hydrogen-bond donors (Lipinski definition) is 0. The van der Waals surface area contributed by atoms with Crippen LogP contribution in [0.25, 0.3) is 0 Å². The molecule has 0 radical (unpaired) electrons. The lowest BCUT2D eigenvalue weighted by Crippen LogP contribution is -1.95. The number of aromatic nitrogens is 2. The zero-order valence-corrected chi connectivity index (χ0v) is 10.6. The van der Waals surface area contributed by atoms with Crippen LogP contribution in [-0.4, -0.2) is 9.97 Å². The van der Waals surface area contributed by atoms with E-state index in [1.165, 1.54) is 11.3 Å². The smallest absolute Gasteiger partial charge is 0.183 e. The van der Waals surface area contributed by atoms with E-state index in [-0.39, 0.29) is 0 Å². The minimum atomic E-state index is 0.404. The predicted molar refractivity (Wildman–Crippen MR) is 63.4 cm³/mol. The molecule has 0 N–H and O–H groups in total. The molecule has 0 unspecified atom stereocenters. The predicted octanol–water partition coefficient (Wildman–Crippen LogP) is 3.53. The molecule has 15 heavy (non-hydrogen) atoms. The van der Waals surface area contributed by atoms with E-state index in [4.69, 9.17) is 16.3 Å². The van der Waals surface area contributed by atoms with Gasteiger partial charge in [-0.05, 0) is 22.0 Å². The summed E-state index contributed by atoms with van der Waals surface area (Å²) in [6, 6.07) is 1.85. The molecule has 0 aromatic carbocycles. The molecule has 0 atom stereocenters. The molecule has 2 heterocycles. The van der Waals surface area contributed by atoms with Gasteiger partial charge < -0.3 is 4.74 Å². The highest BCUT2D eigenvalue weighted by molar-refractivity contribution is 9.10. The SMILES string of the molecule is Clc1nc(COc2cncc(Br)c2)cs1. The van der Waals surface area contributed by atoms with Crippen molar-refractivity contribution in [1.29, 1.82) is 0 Å². The van der Waals surface area contributed by atoms with Gasteiger partial charge in [0.15, 0.2) is 4.47 Å². The van der Waals surface area contributed by atoms with Gasteiger partial charge in [0.05, 0.1) is 11.9 Å². The maximum absolute atomic E-state index is 5.70. The summed E-state index contributed by atoms with van der Waals surface area (Å²) in [6.07, 6.45) is 3.35. The van der Waals surface area contributed by atoms with Gasteiger partial charge in [0.25, 0.3) is 0 Å². The molecule has 0 aliphatic heterocycles. The van der Waals surface area contributed by atoms with Gasteiger partial charge in [0, 0.05) is 16.0 Å². The highest BCUT2D eigenvalue weighted by Crippen LogP contribution is 2.19. The Balaban J connectivity index is 1.99. The Morgan fingerprint density at radius 3 is 3.00 bits per heavy atom. The maximum Gasteiger partial charge on any atom is 0.183 e. The Morgan fingerprint density at radius 1 is 1.47 bits per heavy atom. The zero-order chi connectivity index (χ0) is 10.7. The molecule has 3 nitrogen and oxygen atoms in total. The first-order valence-electron chi connectivity index (χ1n) is 4.07. The normalized spacial score (nSPS) is 10.3. The van der Waals surface area contributed by atoms with Crippen LogP contribution in [0, 0.1) is 0 Å². The van der Waals surface area contributed by atoms with E-state index in [9.17, 15) is 0 Å². The van der Waals surface area contributed by atoms with Crippen LogP contribution >= 0.6 is 38.9 Å². The fourth-order valence-electron chi connectivity index (χ4n) is 0.977. The van der Waals surface area contributed by atoms with Crippen molar-refractivity contribution in [1.82, 2.24) is 9.97 Å². The summed E-state index contributed by atoms with van der Waals surface area (Å²) >= 11 is 10.4. The third kappa shape index (κ3) is 3.15. The Morgan fingerprint density at radius 2 is 2.33 bits per heavy atom. The average Bonchev–Trinajstić information content (AvgIpc) is 2.62. The van der Waals surface area contributed by atoms with Crippen LogP contribution in [0.3, 0.4) is 0 Å². The van der Waals surface area contributed by atoms with Crippen molar-refractivity contribution in [2.45, 2.75) is 6.61 Å². The molecule has 0 saturated carbocycles. The molecule has 0 saturated heterocycles. The molecule has 2 aromatic rings. The highest BCUT2D eigenvalue weighted by atomic mass is 79.9. The summed E-state index contributed by atoms with van der Waals surface area (Å²) in [5, 5.41) is 1.87. The molecule has 78 valence electrons. The van der Waals surface area contributed by atoms with Gasteiger partial charge in [-0.15, -0.1) is 11.3 Å². The van der Waals surface area contributed by atoms with Crippen LogP contribution in [-0.2, 0) is 6.61 Å². The second-order valence-electron chi connectivity index (χ2n) is 2.72. The number of thiazole rings is 1. The van der Waals surface area contributed by atoms with E-state index in [1.54, 1.807) is 12.4 Å². The first-order chi connectivity index (χ1) is 7.24. The fraction of sp³-hybridized carbons (Fsp3) is 0.111. The van der Waals surface area contributed by atoms with E-state index in [2.05, 4.69) is 25.9 Å². The number of rotatable bonds is 3. The number of pyridine rings is 1. The number of halogens is 2. The van der Waals surface area contributed by atoms with Crippen molar-refractivity contribution in [3.8, 4) is 5.75 Å². The van der Waals surface area contributed by atoms with Crippen LogP contribution in [0.5, 0.6) is 5.75 Å². The molecule has 0 aliphatic carbocycles. The minimum absolute atomic E-state index is 0.404. The molecule has 0 fully saturated rings. The number of nitrogens with zero attached hydrogens (tertiary/aromatic N) is 2. The summed E-state index contributed by atoms with van der Waals surface area (Å²) in [4.78, 5) is 8.06. The number of ether oxygens (including phenoxy) is 1. The fourth-order valence-corrected chi connectivity index (χ4v) is 2.09. The van der Waals surface area contributed by atoms with Gasteiger partial charge >= 0.3 is 0 Å². The summed E-state index contributed by atoms with van der Waals surface area (Å²) < 4.78 is 6.89. The van der Waals surface area contributed by atoms with E-state index >= 15 is 0 Å². The molecule has 6 heteroatoms. The van der Waals surface area contributed by atoms with Crippen molar-refractivity contribution < 1.29 is 4.74 Å². The third-order valence-corrected chi connectivity index (χ3v) is 3.05. The number of hydrogen-bond acceptors (Lipinski definition) is 4. The van der Waals surface area contributed by atoms with Gasteiger partial charge in [-0.1, -0.05) is 11.6 Å². The van der Waals surface area contributed by atoms with Crippen LogP contribution in [0.4, 0.5) is 0 Å². The van der Waals surface area contributed by atoms with Crippen molar-refractivity contribution in [2.75, 3.05) is 0 Å². The molecule has 2 aromatic heterocycles. The topological polar surface area (TPSA) is 35.0 Å². The van der Waals surface area contributed by atoms with Crippen molar-refractivity contribution in [2.24, 2.45) is 0 Å². The second kappa shape index (κ2) is 4.92. The monoisotopic (exact) mass is 304 g/mol. The van der Waals surface area contributed by atoms with Crippen LogP contribution in [0.15, 0.2) is 28.3 Å². The second-order valence-corrected chi connectivity index (χ2v) is 5.08. The van der Waals surface area contributed by atoms with E-state index < -0.39 is 0 Å². The Labute approximate surface area is 104 Å². The summed E-state index contributed by atoms with van der Waals surface area (Å²) in [5.41, 5.74) is 0.824. The lowest BCUT2D eigenvalue weighted by Gasteiger charge is -2.03. The zero-order valence-electron chi connectivity index (χ0n) is 7.48. The Bertz CT molecular complexity index is 463. The molecular formula is C9H6BrClN2OS. The van der Waals surface area contributed by atoms with Gasteiger partial charge in [0.1, 0.15) is 12.4 Å². The van der Waals surface area contributed by atoms with Gasteiger partial charge in [-0.25, -0.2) is 4.98 Å². The van der Waals surface area contributed by atoms with E-state index in [1.807, 2.05) is 11.4 Å². The average molecular weight is 306 g/mol. The largest absolute Gasteiger partial charge is 0.486 e. The van der Waals surface area contributed by atoms with Crippen LogP contribution in [0.2, 0.25) is 4.47 Å².